The summed E-state index contributed by atoms with van der Waals surface area (Å²) in [5.41, 5.74) is 0.532. The van der Waals surface area contributed by atoms with Crippen molar-refractivity contribution in [3.63, 3.8) is 0 Å². The maximum atomic E-state index is 2.57. The Morgan fingerprint density at radius 3 is 1.80 bits per heavy atom. The molecule has 1 aliphatic heterocycles. The standard InChI is InChI=1S/C10H21N.C4H10/c1-8(2)11-6-9(3)10(4,5)7-11;1-3-4-2/h8-9H,6-7H2,1-5H3;3-4H2,1-2H3. The Balaban J connectivity index is 0.000000423. The highest BCUT2D eigenvalue weighted by molar-refractivity contribution is 4.89. The predicted octanol–water partition coefficient (Wildman–Crippen LogP) is 4.18. The zero-order valence-electron chi connectivity index (χ0n) is 11.9. The molecule has 1 heteroatoms. The summed E-state index contributed by atoms with van der Waals surface area (Å²) in [6.07, 6.45) is 2.64. The molecule has 15 heavy (non-hydrogen) atoms. The Hall–Kier alpha value is -0.0400. The van der Waals surface area contributed by atoms with Gasteiger partial charge in [0.05, 0.1) is 0 Å². The molecule has 0 aromatic carbocycles. The summed E-state index contributed by atoms with van der Waals surface area (Å²) in [7, 11) is 0. The molecule has 0 aromatic heterocycles. The number of hydrogen-bond donors (Lipinski definition) is 0. The van der Waals surface area contributed by atoms with Crippen LogP contribution in [0.25, 0.3) is 0 Å². The van der Waals surface area contributed by atoms with Gasteiger partial charge in [-0.05, 0) is 25.2 Å². The van der Waals surface area contributed by atoms with Crippen LogP contribution in [0.1, 0.15) is 61.3 Å². The molecular weight excluding hydrogens is 182 g/mol. The summed E-state index contributed by atoms with van der Waals surface area (Å²) >= 11 is 0. The highest BCUT2D eigenvalue weighted by Gasteiger charge is 2.36. The molecule has 1 unspecified atom stereocenters. The van der Waals surface area contributed by atoms with Crippen molar-refractivity contribution in [3.8, 4) is 0 Å². The van der Waals surface area contributed by atoms with Gasteiger partial charge < -0.3 is 4.90 Å². The number of unbranched alkanes of at least 4 members (excludes halogenated alkanes) is 1. The van der Waals surface area contributed by atoms with Crippen molar-refractivity contribution in [3.05, 3.63) is 0 Å². The van der Waals surface area contributed by atoms with E-state index in [1.54, 1.807) is 0 Å². The Kier molecular flexibility index (Phi) is 6.51. The van der Waals surface area contributed by atoms with E-state index in [9.17, 15) is 0 Å². The van der Waals surface area contributed by atoms with Gasteiger partial charge in [0, 0.05) is 19.1 Å². The third-order valence-electron chi connectivity index (χ3n) is 3.68. The Morgan fingerprint density at radius 2 is 1.67 bits per heavy atom. The summed E-state index contributed by atoms with van der Waals surface area (Å²) in [4.78, 5) is 2.57. The summed E-state index contributed by atoms with van der Waals surface area (Å²) in [6, 6.07) is 0.722. The van der Waals surface area contributed by atoms with E-state index in [1.165, 1.54) is 25.9 Å². The lowest BCUT2D eigenvalue weighted by Gasteiger charge is -2.23. The van der Waals surface area contributed by atoms with Crippen LogP contribution in [0.3, 0.4) is 0 Å². The zero-order valence-corrected chi connectivity index (χ0v) is 11.9. The zero-order chi connectivity index (χ0) is 12.1. The van der Waals surface area contributed by atoms with E-state index < -0.39 is 0 Å². The fourth-order valence-corrected chi connectivity index (χ4v) is 1.74. The van der Waals surface area contributed by atoms with E-state index in [1.807, 2.05) is 0 Å². The molecule has 0 bridgehead atoms. The SMILES string of the molecule is CC(C)N1CC(C)C(C)(C)C1.CCCC. The monoisotopic (exact) mass is 213 g/mol. The average molecular weight is 213 g/mol. The fourth-order valence-electron chi connectivity index (χ4n) is 1.74. The van der Waals surface area contributed by atoms with E-state index in [4.69, 9.17) is 0 Å². The summed E-state index contributed by atoms with van der Waals surface area (Å²) in [6.45, 7) is 18.6. The molecule has 0 aliphatic carbocycles. The number of hydrogen-bond acceptors (Lipinski definition) is 1. The molecule has 1 rings (SSSR count). The van der Waals surface area contributed by atoms with E-state index >= 15 is 0 Å². The van der Waals surface area contributed by atoms with Crippen LogP contribution < -0.4 is 0 Å². The largest absolute Gasteiger partial charge is 0.300 e. The molecule has 0 aromatic rings. The van der Waals surface area contributed by atoms with Gasteiger partial charge in [0.1, 0.15) is 0 Å². The molecule has 0 amide bonds. The van der Waals surface area contributed by atoms with Gasteiger partial charge in [-0.25, -0.2) is 0 Å². The maximum absolute atomic E-state index is 2.57. The highest BCUT2D eigenvalue weighted by atomic mass is 15.2. The Labute approximate surface area is 97.2 Å². The topological polar surface area (TPSA) is 3.24 Å². The van der Waals surface area contributed by atoms with Crippen LogP contribution in [-0.4, -0.2) is 24.0 Å². The van der Waals surface area contributed by atoms with Crippen LogP contribution >= 0.6 is 0 Å². The number of likely N-dealkylation sites (tertiary alicyclic amines) is 1. The van der Waals surface area contributed by atoms with Crippen LogP contribution in [0.4, 0.5) is 0 Å². The molecule has 1 nitrogen and oxygen atoms in total. The third kappa shape index (κ3) is 5.01. The van der Waals surface area contributed by atoms with Gasteiger partial charge in [-0.15, -0.1) is 0 Å². The minimum absolute atomic E-state index is 0.532. The summed E-state index contributed by atoms with van der Waals surface area (Å²) in [5.74, 6) is 0.852. The minimum atomic E-state index is 0.532. The van der Waals surface area contributed by atoms with Crippen molar-refractivity contribution in [1.29, 1.82) is 0 Å². The molecule has 0 saturated carbocycles. The highest BCUT2D eigenvalue weighted by Crippen LogP contribution is 2.35. The third-order valence-corrected chi connectivity index (χ3v) is 3.68. The van der Waals surface area contributed by atoms with Crippen LogP contribution in [0.5, 0.6) is 0 Å². The van der Waals surface area contributed by atoms with Gasteiger partial charge in [-0.1, -0.05) is 47.5 Å². The molecule has 1 saturated heterocycles. The second-order valence-electron chi connectivity index (χ2n) is 5.91. The summed E-state index contributed by atoms with van der Waals surface area (Å²) in [5, 5.41) is 0. The first-order chi connectivity index (χ1) is 6.85. The second-order valence-corrected chi connectivity index (χ2v) is 5.91. The van der Waals surface area contributed by atoms with Crippen molar-refractivity contribution in [1.82, 2.24) is 4.90 Å². The van der Waals surface area contributed by atoms with Crippen LogP contribution in [0.15, 0.2) is 0 Å². The lowest BCUT2D eigenvalue weighted by atomic mass is 9.84. The van der Waals surface area contributed by atoms with Crippen LogP contribution in [0, 0.1) is 11.3 Å². The minimum Gasteiger partial charge on any atom is -0.300 e. The molecule has 1 fully saturated rings. The van der Waals surface area contributed by atoms with Crippen molar-refractivity contribution in [2.24, 2.45) is 11.3 Å². The van der Waals surface area contributed by atoms with E-state index in [2.05, 4.69) is 53.4 Å². The van der Waals surface area contributed by atoms with E-state index in [-0.39, 0.29) is 0 Å². The van der Waals surface area contributed by atoms with Crippen molar-refractivity contribution >= 4 is 0 Å². The predicted molar refractivity (Wildman–Crippen MR) is 70.2 cm³/mol. The van der Waals surface area contributed by atoms with Crippen LogP contribution in [0.2, 0.25) is 0 Å². The number of rotatable bonds is 2. The molecule has 0 spiro atoms. The van der Waals surface area contributed by atoms with Gasteiger partial charge in [0.25, 0.3) is 0 Å². The van der Waals surface area contributed by atoms with Gasteiger partial charge in [0.15, 0.2) is 0 Å². The lowest BCUT2D eigenvalue weighted by Crippen LogP contribution is -2.29. The molecule has 1 aliphatic rings. The first-order valence-electron chi connectivity index (χ1n) is 6.59. The Morgan fingerprint density at radius 1 is 1.20 bits per heavy atom. The normalized spacial score (nSPS) is 25.2. The molecular formula is C14H31N. The van der Waals surface area contributed by atoms with Gasteiger partial charge in [-0.2, -0.15) is 0 Å². The van der Waals surface area contributed by atoms with Gasteiger partial charge in [0.2, 0.25) is 0 Å². The first-order valence-corrected chi connectivity index (χ1v) is 6.59. The average Bonchev–Trinajstić information content (AvgIpc) is 2.42. The fraction of sp³-hybridized carbons (Fsp3) is 1.00. The molecule has 92 valence electrons. The van der Waals surface area contributed by atoms with E-state index in [0.29, 0.717) is 5.41 Å². The number of nitrogens with zero attached hydrogens (tertiary/aromatic N) is 1. The molecule has 0 radical (unpaired) electrons. The van der Waals surface area contributed by atoms with Crippen molar-refractivity contribution in [2.45, 2.75) is 67.3 Å². The summed E-state index contributed by atoms with van der Waals surface area (Å²) < 4.78 is 0. The van der Waals surface area contributed by atoms with Crippen LogP contribution in [-0.2, 0) is 0 Å². The smallest absolute Gasteiger partial charge is 0.00389 e. The van der Waals surface area contributed by atoms with E-state index in [0.717, 1.165) is 12.0 Å². The second kappa shape index (κ2) is 6.52. The Bertz CT molecular complexity index is 159. The van der Waals surface area contributed by atoms with Crippen molar-refractivity contribution in [2.75, 3.05) is 13.1 Å². The van der Waals surface area contributed by atoms with Crippen molar-refractivity contribution < 1.29 is 0 Å². The quantitative estimate of drug-likeness (QED) is 0.665. The maximum Gasteiger partial charge on any atom is 0.00389 e. The first kappa shape index (κ1) is 15.0. The van der Waals surface area contributed by atoms with Gasteiger partial charge in [-0.3, -0.25) is 0 Å². The molecule has 0 N–H and O–H groups in total. The van der Waals surface area contributed by atoms with Gasteiger partial charge >= 0.3 is 0 Å². The molecule has 1 heterocycles. The lowest BCUT2D eigenvalue weighted by molar-refractivity contribution is 0.242. The molecule has 1 atom stereocenters.